The number of nitrogens with zero attached hydrogens (tertiary/aromatic N) is 2. The van der Waals surface area contributed by atoms with E-state index < -0.39 is 11.9 Å². The van der Waals surface area contributed by atoms with Crippen molar-refractivity contribution in [2.24, 2.45) is 0 Å². The molecule has 0 unspecified atom stereocenters. The molecule has 1 saturated heterocycles. The molecule has 1 aromatic carbocycles. The Kier molecular flexibility index (Phi) is 6.38. The van der Waals surface area contributed by atoms with Gasteiger partial charge in [-0.05, 0) is 61.1 Å². The highest BCUT2D eigenvalue weighted by atomic mass is 32.1. The lowest BCUT2D eigenvalue weighted by atomic mass is 10.0. The molecular formula is C23H21N3O6S. The summed E-state index contributed by atoms with van der Waals surface area (Å²) >= 11 is 5.53. The Bertz CT molecular complexity index is 1160. The minimum absolute atomic E-state index is 0.00341. The van der Waals surface area contributed by atoms with Gasteiger partial charge in [-0.2, -0.15) is 0 Å². The zero-order valence-electron chi connectivity index (χ0n) is 17.3. The van der Waals surface area contributed by atoms with Crippen molar-refractivity contribution >= 4 is 29.3 Å². The zero-order valence-corrected chi connectivity index (χ0v) is 18.2. The molecule has 0 saturated carbocycles. The molecule has 1 aliphatic rings. The lowest BCUT2D eigenvalue weighted by molar-refractivity contribution is 0.0696. The Balaban J connectivity index is 1.75. The summed E-state index contributed by atoms with van der Waals surface area (Å²) in [6.07, 6.45) is 2.19. The van der Waals surface area contributed by atoms with E-state index in [-0.39, 0.29) is 29.8 Å². The van der Waals surface area contributed by atoms with E-state index >= 15 is 0 Å². The fourth-order valence-corrected chi connectivity index (χ4v) is 4.21. The van der Waals surface area contributed by atoms with Crippen molar-refractivity contribution in [1.82, 2.24) is 15.2 Å². The number of hydrogen-bond donors (Lipinski definition) is 4. The molecule has 2 aromatic heterocycles. The Morgan fingerprint density at radius 3 is 2.42 bits per heavy atom. The first-order valence-corrected chi connectivity index (χ1v) is 10.6. The number of benzene rings is 1. The molecule has 33 heavy (non-hydrogen) atoms. The average Bonchev–Trinajstić information content (AvgIpc) is 3.42. The van der Waals surface area contributed by atoms with E-state index in [9.17, 15) is 24.9 Å². The predicted molar refractivity (Wildman–Crippen MR) is 122 cm³/mol. The van der Waals surface area contributed by atoms with Crippen molar-refractivity contribution in [1.29, 1.82) is 0 Å². The van der Waals surface area contributed by atoms with Gasteiger partial charge in [-0.3, -0.25) is 4.98 Å². The van der Waals surface area contributed by atoms with E-state index in [0.717, 1.165) is 11.8 Å². The van der Waals surface area contributed by atoms with E-state index in [0.29, 0.717) is 35.2 Å². The molecule has 1 fully saturated rings. The number of carbonyl (C=O) groups is 2. The van der Waals surface area contributed by atoms with Crippen molar-refractivity contribution in [2.75, 3.05) is 13.2 Å². The van der Waals surface area contributed by atoms with Gasteiger partial charge in [0.2, 0.25) is 0 Å². The molecule has 10 heteroatoms. The first-order valence-electron chi connectivity index (χ1n) is 10.2. The maximum atomic E-state index is 11.5. The average molecular weight is 468 g/mol. The molecule has 0 spiro atoms. The molecule has 4 N–H and O–H groups in total. The molecule has 0 radical (unpaired) electrons. The van der Waals surface area contributed by atoms with Crippen LogP contribution in [0.25, 0.3) is 11.3 Å². The number of aromatic nitrogens is 1. The maximum Gasteiger partial charge on any atom is 0.335 e. The molecule has 0 amide bonds. The summed E-state index contributed by atoms with van der Waals surface area (Å²) in [7, 11) is 0. The minimum atomic E-state index is -1.23. The van der Waals surface area contributed by atoms with Gasteiger partial charge in [-0.25, -0.2) is 9.59 Å². The number of carboxylic acids is 2. The quantitative estimate of drug-likeness (QED) is 0.366. The van der Waals surface area contributed by atoms with Crippen LogP contribution in [0.2, 0.25) is 0 Å². The number of aromatic carboxylic acids is 2. The van der Waals surface area contributed by atoms with E-state index in [1.165, 1.54) is 12.1 Å². The van der Waals surface area contributed by atoms with Crippen LogP contribution in [0.1, 0.15) is 50.7 Å². The number of aliphatic hydroxyl groups is 1. The molecule has 1 aliphatic heterocycles. The highest BCUT2D eigenvalue weighted by molar-refractivity contribution is 7.80. The SMILES string of the molecule is O=C(O)c1cc(C(=O)O)cc(-c2ccc([C@H]3[C@@H](c4ccccn4)NC(=S)N3CCCO)o2)c1. The molecule has 170 valence electrons. The highest BCUT2D eigenvalue weighted by Crippen LogP contribution is 2.40. The number of rotatable bonds is 8. The third-order valence-corrected chi connectivity index (χ3v) is 5.74. The number of hydrogen-bond acceptors (Lipinski definition) is 6. The summed E-state index contributed by atoms with van der Waals surface area (Å²) in [4.78, 5) is 29.3. The van der Waals surface area contributed by atoms with Gasteiger partial charge in [0, 0.05) is 24.9 Å². The Hall–Kier alpha value is -3.76. The Morgan fingerprint density at radius 2 is 1.82 bits per heavy atom. The monoisotopic (exact) mass is 467 g/mol. The molecular weight excluding hydrogens is 446 g/mol. The fraction of sp³-hybridized carbons (Fsp3) is 0.217. The normalized spacial score (nSPS) is 17.7. The topological polar surface area (TPSA) is 136 Å². The fourth-order valence-electron chi connectivity index (χ4n) is 3.88. The van der Waals surface area contributed by atoms with Crippen LogP contribution in [0.3, 0.4) is 0 Å². The first kappa shape index (κ1) is 22.4. The van der Waals surface area contributed by atoms with Crippen LogP contribution in [0.4, 0.5) is 0 Å². The minimum Gasteiger partial charge on any atom is -0.478 e. The van der Waals surface area contributed by atoms with Crippen molar-refractivity contribution in [2.45, 2.75) is 18.5 Å². The zero-order chi connectivity index (χ0) is 23.5. The maximum absolute atomic E-state index is 11.5. The number of carboxylic acid groups (broad SMARTS) is 2. The van der Waals surface area contributed by atoms with Crippen LogP contribution < -0.4 is 5.32 Å². The van der Waals surface area contributed by atoms with E-state index in [1.54, 1.807) is 18.3 Å². The number of thiocarbonyl (C=S) groups is 1. The number of furan rings is 1. The van der Waals surface area contributed by atoms with E-state index in [1.807, 2.05) is 23.1 Å². The van der Waals surface area contributed by atoms with Crippen LogP contribution in [-0.2, 0) is 0 Å². The highest BCUT2D eigenvalue weighted by Gasteiger charge is 2.41. The summed E-state index contributed by atoms with van der Waals surface area (Å²) < 4.78 is 6.12. The van der Waals surface area contributed by atoms with Gasteiger partial charge in [0.15, 0.2) is 5.11 Å². The lowest BCUT2D eigenvalue weighted by Crippen LogP contribution is -2.30. The largest absolute Gasteiger partial charge is 0.478 e. The Labute approximate surface area is 194 Å². The lowest BCUT2D eigenvalue weighted by Gasteiger charge is -2.25. The van der Waals surface area contributed by atoms with E-state index in [2.05, 4.69) is 10.3 Å². The van der Waals surface area contributed by atoms with Crippen molar-refractivity contribution in [3.8, 4) is 11.3 Å². The van der Waals surface area contributed by atoms with Crippen LogP contribution >= 0.6 is 12.2 Å². The summed E-state index contributed by atoms with van der Waals surface area (Å²) in [5, 5.41) is 31.8. The van der Waals surface area contributed by atoms with Crippen LogP contribution in [0.5, 0.6) is 0 Å². The van der Waals surface area contributed by atoms with Crippen LogP contribution in [0.15, 0.2) is 59.1 Å². The molecule has 0 bridgehead atoms. The second-order valence-corrected chi connectivity index (χ2v) is 7.90. The molecule has 4 rings (SSSR count). The summed E-state index contributed by atoms with van der Waals surface area (Å²) in [5.74, 6) is -1.59. The Morgan fingerprint density at radius 1 is 1.09 bits per heavy atom. The van der Waals surface area contributed by atoms with Crippen molar-refractivity contribution in [3.63, 3.8) is 0 Å². The standard InChI is InChI=1S/C23H21N3O6S/c27-9-3-8-26-20(19(25-23(26)33)16-4-1-2-7-24-16)18-6-5-17(32-18)13-10-14(21(28)29)12-15(11-13)22(30)31/h1-2,4-7,10-12,19-20,27H,3,8-9H2,(H,25,33)(H,28,29)(H,30,31)/t19-,20+/m1/s1. The van der Waals surface area contributed by atoms with Gasteiger partial charge in [-0.1, -0.05) is 6.07 Å². The molecule has 2 atom stereocenters. The number of nitrogens with one attached hydrogen (secondary N) is 1. The van der Waals surface area contributed by atoms with Gasteiger partial charge < -0.3 is 30.0 Å². The third-order valence-electron chi connectivity index (χ3n) is 5.38. The van der Waals surface area contributed by atoms with Gasteiger partial charge in [-0.15, -0.1) is 0 Å². The molecule has 9 nitrogen and oxygen atoms in total. The third kappa shape index (κ3) is 4.57. The molecule has 3 aromatic rings. The van der Waals surface area contributed by atoms with E-state index in [4.69, 9.17) is 16.6 Å². The van der Waals surface area contributed by atoms with Crippen molar-refractivity contribution < 1.29 is 29.3 Å². The summed E-state index contributed by atoms with van der Waals surface area (Å²) in [6.45, 7) is 0.494. The second-order valence-electron chi connectivity index (χ2n) is 7.51. The van der Waals surface area contributed by atoms with Crippen LogP contribution in [0, 0.1) is 0 Å². The number of pyridine rings is 1. The van der Waals surface area contributed by atoms with Gasteiger partial charge >= 0.3 is 11.9 Å². The predicted octanol–water partition coefficient (Wildman–Crippen LogP) is 3.09. The molecule has 0 aliphatic carbocycles. The van der Waals surface area contributed by atoms with Crippen molar-refractivity contribution in [3.05, 3.63) is 77.3 Å². The second kappa shape index (κ2) is 9.39. The van der Waals surface area contributed by atoms with Gasteiger partial charge in [0.05, 0.1) is 22.9 Å². The van der Waals surface area contributed by atoms with Crippen LogP contribution in [-0.4, -0.2) is 55.4 Å². The first-order chi connectivity index (χ1) is 15.9. The van der Waals surface area contributed by atoms with Gasteiger partial charge in [0.1, 0.15) is 17.6 Å². The smallest absolute Gasteiger partial charge is 0.335 e. The summed E-state index contributed by atoms with van der Waals surface area (Å²) in [5.41, 5.74) is 0.795. The molecule has 3 heterocycles. The summed E-state index contributed by atoms with van der Waals surface area (Å²) in [6, 6.07) is 12.2. The van der Waals surface area contributed by atoms with Gasteiger partial charge in [0.25, 0.3) is 0 Å². The number of aliphatic hydroxyl groups excluding tert-OH is 1.